The Morgan fingerprint density at radius 1 is 1.23 bits per heavy atom. The van der Waals surface area contributed by atoms with Crippen LogP contribution in [0.25, 0.3) is 0 Å². The lowest BCUT2D eigenvalue weighted by molar-refractivity contribution is 0.0697. The summed E-state index contributed by atoms with van der Waals surface area (Å²) in [7, 11) is 0. The summed E-state index contributed by atoms with van der Waals surface area (Å²) in [5.74, 6) is -0.977. The topological polar surface area (TPSA) is 69.6 Å². The van der Waals surface area contributed by atoms with Gasteiger partial charge in [-0.15, -0.1) is 0 Å². The van der Waals surface area contributed by atoms with E-state index < -0.39 is 5.97 Å². The largest absolute Gasteiger partial charge is 0.478 e. The Kier molecular flexibility index (Phi) is 5.30. The molecule has 0 amide bonds. The van der Waals surface area contributed by atoms with Crippen molar-refractivity contribution in [1.82, 2.24) is 0 Å². The molecule has 0 heterocycles. The Morgan fingerprint density at radius 2 is 1.69 bits per heavy atom. The van der Waals surface area contributed by atoms with Crippen LogP contribution in [-0.4, -0.2) is 16.3 Å². The Balaban J connectivity index is 0.000000671. The van der Waals surface area contributed by atoms with Crippen LogP contribution in [0, 0.1) is 0 Å². The second-order valence-electron chi connectivity index (χ2n) is 1.99. The Morgan fingerprint density at radius 3 is 2.00 bits per heavy atom. The van der Waals surface area contributed by atoms with Crippen LogP contribution in [0.1, 0.15) is 24.2 Å². The normalized spacial score (nSPS) is 8.23. The highest BCUT2D eigenvalue weighted by molar-refractivity contribution is 5.87. The maximum Gasteiger partial charge on any atom is 0.335 e. The van der Waals surface area contributed by atoms with E-state index in [1.807, 2.05) is 19.3 Å². The molecule has 0 spiro atoms. The van der Waals surface area contributed by atoms with Crippen LogP contribution in [0.3, 0.4) is 0 Å². The highest BCUT2D eigenvalue weighted by Gasteiger charge is 1.99. The van der Waals surface area contributed by atoms with Crippen molar-refractivity contribution in [2.24, 2.45) is 0 Å². The number of aromatic carboxylic acids is 1. The van der Waals surface area contributed by atoms with Gasteiger partial charge in [0.15, 0.2) is 0 Å². The fourth-order valence-corrected chi connectivity index (χ4v) is 0.687. The van der Waals surface area contributed by atoms with Gasteiger partial charge < -0.3 is 5.11 Å². The number of nitrogens with one attached hydrogen (secondary N) is 1. The van der Waals surface area contributed by atoms with Gasteiger partial charge >= 0.3 is 5.97 Å². The lowest BCUT2D eigenvalue weighted by Gasteiger charge is -1.97. The first kappa shape index (κ1) is 11.4. The average Bonchev–Trinajstić information content (AvgIpc) is 2.21. The Bertz CT molecular complexity index is 256. The molecule has 4 nitrogen and oxygen atoms in total. The van der Waals surface area contributed by atoms with Crippen molar-refractivity contribution in [1.29, 1.82) is 0 Å². The average molecular weight is 183 g/mol. The van der Waals surface area contributed by atoms with Gasteiger partial charge in [-0.2, -0.15) is 0 Å². The van der Waals surface area contributed by atoms with Gasteiger partial charge in [-0.05, 0) is 24.3 Å². The summed E-state index contributed by atoms with van der Waals surface area (Å²) in [5.41, 5.74) is 2.57. The van der Waals surface area contributed by atoms with E-state index >= 15 is 0 Å². The fourth-order valence-electron chi connectivity index (χ4n) is 0.687. The number of carbonyl (C=O) groups is 1. The summed E-state index contributed by atoms with van der Waals surface area (Å²) in [4.78, 5) is 10.3. The lowest BCUT2D eigenvalue weighted by Crippen LogP contribution is -1.96. The number of benzene rings is 1. The maximum atomic E-state index is 10.3. The number of anilines is 1. The quantitative estimate of drug-likeness (QED) is 0.615. The zero-order chi connectivity index (χ0) is 10.3. The molecule has 72 valence electrons. The van der Waals surface area contributed by atoms with E-state index in [2.05, 4.69) is 0 Å². The standard InChI is InChI=1S/C7H7NO3.C2H6/c9-7(10)5-1-3-6(8-11)4-2-5;1-2/h1-4,8,11H,(H,9,10);1-2H3. The molecule has 0 aromatic heterocycles. The summed E-state index contributed by atoms with van der Waals surface area (Å²) in [6.45, 7) is 4.00. The van der Waals surface area contributed by atoms with Crippen LogP contribution < -0.4 is 5.48 Å². The minimum absolute atomic E-state index is 0.198. The summed E-state index contributed by atoms with van der Waals surface area (Å²) in [6.07, 6.45) is 0. The van der Waals surface area contributed by atoms with Crippen LogP contribution >= 0.6 is 0 Å². The van der Waals surface area contributed by atoms with E-state index in [-0.39, 0.29) is 5.56 Å². The van der Waals surface area contributed by atoms with Crippen molar-refractivity contribution in [2.45, 2.75) is 13.8 Å². The van der Waals surface area contributed by atoms with Crippen LogP contribution in [0.4, 0.5) is 5.69 Å². The number of hydrogen-bond donors (Lipinski definition) is 3. The number of carboxylic acids is 1. The second kappa shape index (κ2) is 6.02. The zero-order valence-electron chi connectivity index (χ0n) is 7.61. The van der Waals surface area contributed by atoms with E-state index in [4.69, 9.17) is 10.3 Å². The van der Waals surface area contributed by atoms with E-state index in [0.717, 1.165) is 0 Å². The summed E-state index contributed by atoms with van der Waals surface area (Å²) in [6, 6.07) is 5.76. The molecule has 0 unspecified atom stereocenters. The van der Waals surface area contributed by atoms with Crippen LogP contribution in [0.5, 0.6) is 0 Å². The summed E-state index contributed by atoms with van der Waals surface area (Å²) >= 11 is 0. The first-order valence-electron chi connectivity index (χ1n) is 3.97. The molecular formula is C9H13NO3. The number of rotatable bonds is 2. The van der Waals surface area contributed by atoms with Crippen LogP contribution in [0.2, 0.25) is 0 Å². The first-order chi connectivity index (χ1) is 6.24. The summed E-state index contributed by atoms with van der Waals surface area (Å²) < 4.78 is 0. The number of hydrogen-bond acceptors (Lipinski definition) is 3. The predicted octanol–water partition coefficient (Wildman–Crippen LogP) is 2.21. The minimum atomic E-state index is -0.977. The van der Waals surface area contributed by atoms with E-state index in [1.165, 1.54) is 24.3 Å². The van der Waals surface area contributed by atoms with Gasteiger partial charge in [-0.3, -0.25) is 10.7 Å². The maximum absolute atomic E-state index is 10.3. The molecule has 1 rings (SSSR count). The van der Waals surface area contributed by atoms with Crippen molar-refractivity contribution < 1.29 is 15.1 Å². The zero-order valence-corrected chi connectivity index (χ0v) is 7.61. The molecule has 1 aromatic carbocycles. The third-order valence-electron chi connectivity index (χ3n) is 1.26. The first-order valence-corrected chi connectivity index (χ1v) is 3.97. The molecule has 0 saturated carbocycles. The van der Waals surface area contributed by atoms with Crippen LogP contribution in [0.15, 0.2) is 24.3 Å². The Hall–Kier alpha value is -1.55. The van der Waals surface area contributed by atoms with Gasteiger partial charge in [0.1, 0.15) is 0 Å². The third kappa shape index (κ3) is 3.57. The third-order valence-corrected chi connectivity index (χ3v) is 1.26. The van der Waals surface area contributed by atoms with Crippen LogP contribution in [-0.2, 0) is 0 Å². The van der Waals surface area contributed by atoms with E-state index in [1.54, 1.807) is 0 Å². The smallest absolute Gasteiger partial charge is 0.335 e. The Labute approximate surface area is 76.8 Å². The molecule has 0 aliphatic heterocycles. The molecule has 0 atom stereocenters. The molecule has 0 fully saturated rings. The molecule has 1 aromatic rings. The molecule has 13 heavy (non-hydrogen) atoms. The van der Waals surface area contributed by atoms with Gasteiger partial charge in [0.05, 0.1) is 11.3 Å². The van der Waals surface area contributed by atoms with Crippen molar-refractivity contribution in [3.63, 3.8) is 0 Å². The van der Waals surface area contributed by atoms with Gasteiger partial charge in [0.25, 0.3) is 0 Å². The second-order valence-corrected chi connectivity index (χ2v) is 1.99. The molecule has 0 aliphatic carbocycles. The van der Waals surface area contributed by atoms with Crippen molar-refractivity contribution >= 4 is 11.7 Å². The predicted molar refractivity (Wildman–Crippen MR) is 50.2 cm³/mol. The lowest BCUT2D eigenvalue weighted by atomic mass is 10.2. The molecule has 3 N–H and O–H groups in total. The molecule has 0 saturated heterocycles. The SMILES string of the molecule is CC.O=C(O)c1ccc(NO)cc1. The van der Waals surface area contributed by atoms with Gasteiger partial charge in [-0.1, -0.05) is 13.8 Å². The van der Waals surface area contributed by atoms with Gasteiger partial charge in [0, 0.05) is 0 Å². The van der Waals surface area contributed by atoms with Crippen molar-refractivity contribution in [3.8, 4) is 0 Å². The van der Waals surface area contributed by atoms with E-state index in [9.17, 15) is 4.79 Å². The minimum Gasteiger partial charge on any atom is -0.478 e. The molecular weight excluding hydrogens is 170 g/mol. The number of carboxylic acid groups (broad SMARTS) is 1. The van der Waals surface area contributed by atoms with E-state index in [0.29, 0.717) is 5.69 Å². The monoisotopic (exact) mass is 183 g/mol. The highest BCUT2D eigenvalue weighted by Crippen LogP contribution is 2.07. The molecule has 0 bridgehead atoms. The van der Waals surface area contributed by atoms with Gasteiger partial charge in [-0.25, -0.2) is 4.79 Å². The van der Waals surface area contributed by atoms with Gasteiger partial charge in [0.2, 0.25) is 0 Å². The molecule has 0 aliphatic rings. The molecule has 4 heteroatoms. The highest BCUT2D eigenvalue weighted by atomic mass is 16.5. The fraction of sp³-hybridized carbons (Fsp3) is 0.222. The van der Waals surface area contributed by atoms with Crippen molar-refractivity contribution in [3.05, 3.63) is 29.8 Å². The van der Waals surface area contributed by atoms with Crippen molar-refractivity contribution in [2.75, 3.05) is 5.48 Å². The molecule has 0 radical (unpaired) electrons. The summed E-state index contributed by atoms with van der Waals surface area (Å²) in [5, 5.41) is 16.8.